The van der Waals surface area contributed by atoms with Crippen molar-refractivity contribution >= 4 is 68.3 Å². The second-order valence-corrected chi connectivity index (χ2v) is 28.2. The highest BCUT2D eigenvalue weighted by molar-refractivity contribution is 7.80. The van der Waals surface area contributed by atoms with Crippen molar-refractivity contribution < 1.29 is 50.9 Å². The summed E-state index contributed by atoms with van der Waals surface area (Å²) in [7, 11) is -10.7. The van der Waals surface area contributed by atoms with Gasteiger partial charge >= 0.3 is 28.8 Å². The molecule has 18 nitrogen and oxygen atoms in total. The number of amides is 1. The monoisotopic (exact) mass is 1240 g/mol. The van der Waals surface area contributed by atoms with E-state index in [9.17, 15) is 32.9 Å². The second kappa shape index (κ2) is 37.4. The molecule has 1 amide bonds. The predicted molar refractivity (Wildman–Crippen MR) is 342 cm³/mol. The van der Waals surface area contributed by atoms with E-state index >= 15 is 0 Å². The molecule has 0 bridgehead atoms. The minimum atomic E-state index is -3.57. The number of aryl methyl sites for hydroxylation is 2. The number of aromatic amines is 2. The number of nitrogens with zero attached hydrogens (tertiary/aromatic N) is 4. The van der Waals surface area contributed by atoms with Gasteiger partial charge in [-0.25, -0.2) is 27.7 Å². The predicted octanol–water partition coefficient (Wildman–Crippen LogP) is 13.5. The van der Waals surface area contributed by atoms with Crippen molar-refractivity contribution in [2.45, 2.75) is 125 Å². The molecule has 2 atom stereocenters. The normalized spacial score (nSPS) is 20.5. The summed E-state index contributed by atoms with van der Waals surface area (Å²) in [5, 5.41) is 13.8. The molecule has 4 N–H and O–H groups in total. The zero-order chi connectivity index (χ0) is 62.2. The molecule has 3 aliphatic rings. The molecule has 0 spiro atoms. The van der Waals surface area contributed by atoms with Gasteiger partial charge in [-0.3, -0.25) is 28.1 Å². The van der Waals surface area contributed by atoms with Crippen LogP contribution in [-0.4, -0.2) is 123 Å². The van der Waals surface area contributed by atoms with Gasteiger partial charge in [0.25, 0.3) is 5.91 Å². The zero-order valence-electron chi connectivity index (χ0n) is 51.0. The average Bonchev–Trinajstić information content (AvgIpc) is 2.95. The number of H-pyrrole nitrogens is 2. The molecule has 6 aromatic rings. The smallest absolute Gasteiger partial charge is 0.382 e. The molecule has 86 heavy (non-hydrogen) atoms. The van der Waals surface area contributed by atoms with E-state index in [1.54, 1.807) is 44.0 Å². The van der Waals surface area contributed by atoms with E-state index in [4.69, 9.17) is 18.0 Å². The Kier molecular flexibility index (Phi) is 30.7. The van der Waals surface area contributed by atoms with Gasteiger partial charge in [0.15, 0.2) is 0 Å². The Balaban J connectivity index is 0.000000211. The van der Waals surface area contributed by atoms with Gasteiger partial charge in [-0.05, 0) is 162 Å². The Morgan fingerprint density at radius 3 is 1.49 bits per heavy atom. The number of Topliss-reactive ketones (excluding diaryl/α,β-unsaturated/α-hetero) is 2. The lowest BCUT2D eigenvalue weighted by atomic mass is 9.91. The quantitative estimate of drug-likeness (QED) is 0.0435. The Hall–Kier alpha value is -6.29. The van der Waals surface area contributed by atoms with E-state index in [2.05, 4.69) is 68.7 Å². The number of rotatable bonds is 19. The topological polar surface area (TPSA) is 243 Å². The fourth-order valence-corrected chi connectivity index (χ4v) is 19.4. The van der Waals surface area contributed by atoms with Gasteiger partial charge in [0.1, 0.15) is 22.9 Å². The molecular formula is C65H88N7O11P3. The number of fused-ring (bicyclic) bond motifs is 2. The molecule has 7 heterocycles. The van der Waals surface area contributed by atoms with Crippen LogP contribution in [-0.2, 0) is 58.6 Å². The molecule has 0 saturated carbocycles. The highest BCUT2D eigenvalue weighted by Crippen LogP contribution is 2.82. The fourth-order valence-electron chi connectivity index (χ4n) is 10.1. The van der Waals surface area contributed by atoms with E-state index in [1.165, 1.54) is 38.0 Å². The highest BCUT2D eigenvalue weighted by Gasteiger charge is 2.51. The van der Waals surface area contributed by atoms with Crippen molar-refractivity contribution in [1.82, 2.24) is 35.1 Å². The van der Waals surface area contributed by atoms with E-state index in [1.807, 2.05) is 97.3 Å². The van der Waals surface area contributed by atoms with Crippen LogP contribution >= 0.6 is 22.8 Å². The summed E-state index contributed by atoms with van der Waals surface area (Å²) in [6.07, 6.45) is 17.5. The third kappa shape index (κ3) is 24.8. The Morgan fingerprint density at radius 1 is 0.616 bits per heavy atom. The molecule has 464 valence electrons. The molecule has 3 aliphatic heterocycles. The van der Waals surface area contributed by atoms with Crippen LogP contribution < -0.4 is 5.32 Å². The largest absolute Gasteiger partial charge is 0.472 e. The number of benzene rings is 2. The van der Waals surface area contributed by atoms with E-state index < -0.39 is 28.8 Å². The number of hydrogen-bond donors (Lipinski definition) is 4. The SMILES string of the molecule is CCCP1(=O)OP(=O)(CCC)OP(=O)(CCC)O1.CCN(CC)CC.O=C(CCc1ccnc2[nH]ccc12)CC1CCCN(C(=O)C#Cc2ccccc2)C1.O=C(CCc1ccnc2[nH]ccc12)CC1CCCNC1.O=C(O)C#Cc1ccccc1. The van der Waals surface area contributed by atoms with Gasteiger partial charge in [-0.2, -0.15) is 0 Å². The number of carboxylic acids is 1. The van der Waals surface area contributed by atoms with Crippen LogP contribution in [0.15, 0.2) is 110 Å². The van der Waals surface area contributed by atoms with Gasteiger partial charge in [0.05, 0.1) is 18.5 Å². The van der Waals surface area contributed by atoms with Gasteiger partial charge < -0.3 is 30.2 Å². The van der Waals surface area contributed by atoms with Crippen molar-refractivity contribution in [3.8, 4) is 23.7 Å². The number of carboxylic acid groups (broad SMARTS) is 1. The maximum Gasteiger partial charge on any atom is 0.382 e. The number of nitrogens with one attached hydrogen (secondary N) is 3. The summed E-state index contributed by atoms with van der Waals surface area (Å²) in [6.45, 7) is 19.0. The lowest BCUT2D eigenvalue weighted by Gasteiger charge is -2.33. The Labute approximate surface area is 508 Å². The van der Waals surface area contributed by atoms with Crippen LogP contribution in [0.2, 0.25) is 0 Å². The van der Waals surface area contributed by atoms with Gasteiger partial charge in [-0.1, -0.05) is 89.8 Å². The number of carbonyl (C=O) groups excluding carboxylic acids is 3. The van der Waals surface area contributed by atoms with Crippen molar-refractivity contribution in [3.05, 3.63) is 132 Å². The van der Waals surface area contributed by atoms with Gasteiger partial charge in [0, 0.05) is 97.3 Å². The number of pyridine rings is 2. The number of carbonyl (C=O) groups is 4. The standard InChI is InChI=1S/C25H25N3O2.C16H21N3O.C9H21O6P3.C9H6O2.C6H15N/c29-22(10-9-21-12-14-26-25-23(21)13-15-27-25)17-20-7-4-16-28(18-20)24(30)11-8-19-5-2-1-3-6-19;20-14(10-12-2-1-7-17-11-12)4-3-13-5-8-18-16-15(13)6-9-19-16;1-4-7-16(10)13-17(11,8-5-2)15-18(12,14-16)9-6-3;10-9(11)7-6-8-4-2-1-3-5-8;1-4-7(5-2)6-3/h1-3,5-6,12-15,20H,4,7,9-10,16-18H2,(H,26,27);5-6,8-9,12,17H,1-4,7,10-11H2,(H,18,19);4-9H2,1-3H3;1-5H,(H,10,11);4-6H2,1-3H3. The third-order valence-corrected chi connectivity index (χ3v) is 23.4. The summed E-state index contributed by atoms with van der Waals surface area (Å²) < 4.78 is 52.3. The van der Waals surface area contributed by atoms with Gasteiger partial charge in [0.2, 0.25) is 0 Å². The summed E-state index contributed by atoms with van der Waals surface area (Å²) in [6, 6.07) is 26.6. The second-order valence-electron chi connectivity index (χ2n) is 21.3. The van der Waals surface area contributed by atoms with Crippen molar-refractivity contribution in [2.24, 2.45) is 11.8 Å². The zero-order valence-corrected chi connectivity index (χ0v) is 53.7. The van der Waals surface area contributed by atoms with E-state index in [0.717, 1.165) is 84.1 Å². The van der Waals surface area contributed by atoms with E-state index in [-0.39, 0.29) is 36.1 Å². The Morgan fingerprint density at radius 2 is 1.07 bits per heavy atom. The van der Waals surface area contributed by atoms with Crippen molar-refractivity contribution in [1.29, 1.82) is 0 Å². The summed E-state index contributed by atoms with van der Waals surface area (Å²) in [4.78, 5) is 66.1. The lowest BCUT2D eigenvalue weighted by Crippen LogP contribution is -2.39. The molecule has 3 fully saturated rings. The van der Waals surface area contributed by atoms with Crippen LogP contribution in [0.1, 0.15) is 134 Å². The molecule has 0 aliphatic carbocycles. The van der Waals surface area contributed by atoms with Crippen molar-refractivity contribution in [3.63, 3.8) is 0 Å². The minimum Gasteiger partial charge on any atom is -0.472 e. The third-order valence-electron chi connectivity index (χ3n) is 14.4. The molecule has 2 unspecified atom stereocenters. The van der Waals surface area contributed by atoms with Crippen LogP contribution in [0.5, 0.6) is 0 Å². The average molecular weight is 1240 g/mol. The minimum absolute atomic E-state index is 0.109. The summed E-state index contributed by atoms with van der Waals surface area (Å²) >= 11 is 0. The number of likely N-dealkylation sites (tertiary alicyclic amines) is 1. The maximum absolute atomic E-state index is 12.6. The molecule has 9 rings (SSSR count). The number of ketones is 2. The first-order valence-corrected chi connectivity index (χ1v) is 35.5. The van der Waals surface area contributed by atoms with Crippen LogP contribution in [0.25, 0.3) is 22.1 Å². The highest BCUT2D eigenvalue weighted by atomic mass is 31.3. The number of piperidine rings is 2. The van der Waals surface area contributed by atoms with E-state index in [0.29, 0.717) is 63.2 Å². The van der Waals surface area contributed by atoms with Crippen LogP contribution in [0.4, 0.5) is 0 Å². The van der Waals surface area contributed by atoms with Crippen LogP contribution in [0, 0.1) is 35.5 Å². The fraction of sp³-hybridized carbons (Fsp3) is 0.477. The number of aliphatic carboxylic acids is 1. The summed E-state index contributed by atoms with van der Waals surface area (Å²) in [5.74, 6) is 10.4. The molecule has 3 saturated heterocycles. The first-order valence-electron chi connectivity index (χ1n) is 30.3. The molecule has 2 aromatic carbocycles. The Bertz CT molecular complexity index is 3260. The number of aromatic nitrogens is 4. The van der Waals surface area contributed by atoms with Gasteiger partial charge in [-0.15, -0.1) is 0 Å². The van der Waals surface area contributed by atoms with Crippen molar-refractivity contribution in [2.75, 3.05) is 64.3 Å². The molecule has 21 heteroatoms. The molecule has 4 aromatic heterocycles. The first-order chi connectivity index (χ1) is 41.5. The lowest BCUT2D eigenvalue weighted by molar-refractivity contribution is -0.130. The number of hydrogen-bond acceptors (Lipinski definition) is 14. The molecular weight excluding hydrogens is 1150 g/mol. The molecule has 0 radical (unpaired) electrons. The van der Waals surface area contributed by atoms with Crippen LogP contribution in [0.3, 0.4) is 0 Å². The summed E-state index contributed by atoms with van der Waals surface area (Å²) in [5.41, 5.74) is 5.68. The first kappa shape index (κ1) is 70.5. The maximum atomic E-state index is 12.6.